The number of fused-ring (bicyclic) bond motifs is 1. The average molecular weight is 488 g/mol. The minimum Gasteiger partial charge on any atom is -0.493 e. The highest BCUT2D eigenvalue weighted by Gasteiger charge is 2.31. The number of anilines is 2. The van der Waals surface area contributed by atoms with Crippen molar-refractivity contribution in [3.8, 4) is 11.5 Å². The summed E-state index contributed by atoms with van der Waals surface area (Å²) in [5.41, 5.74) is 2.78. The molecule has 0 aliphatic carbocycles. The Balaban J connectivity index is 1.39. The first kappa shape index (κ1) is 23.3. The van der Waals surface area contributed by atoms with Gasteiger partial charge in [0, 0.05) is 0 Å². The van der Waals surface area contributed by atoms with Crippen molar-refractivity contribution in [3.63, 3.8) is 0 Å². The summed E-state index contributed by atoms with van der Waals surface area (Å²) in [5, 5.41) is 10.8. The Morgan fingerprint density at radius 1 is 1.03 bits per heavy atom. The lowest BCUT2D eigenvalue weighted by molar-refractivity contribution is -0.115. The zero-order valence-electron chi connectivity index (χ0n) is 19.9. The van der Waals surface area contributed by atoms with Crippen LogP contribution >= 0.6 is 0 Å². The molecule has 8 nitrogen and oxygen atoms in total. The molecule has 1 amide bonds. The fourth-order valence-corrected chi connectivity index (χ4v) is 4.44. The van der Waals surface area contributed by atoms with Crippen LogP contribution in [-0.2, 0) is 11.2 Å². The van der Waals surface area contributed by atoms with E-state index in [4.69, 9.17) is 9.47 Å². The lowest BCUT2D eigenvalue weighted by Gasteiger charge is -2.31. The fourth-order valence-electron chi connectivity index (χ4n) is 4.44. The number of nitrogens with zero attached hydrogens (tertiary/aromatic N) is 3. The van der Waals surface area contributed by atoms with E-state index in [2.05, 4.69) is 32.8 Å². The number of benzene rings is 3. The summed E-state index contributed by atoms with van der Waals surface area (Å²) in [6, 6.07) is 21.6. The molecule has 36 heavy (non-hydrogen) atoms. The van der Waals surface area contributed by atoms with Gasteiger partial charge in [-0.2, -0.15) is 4.98 Å². The quantitative estimate of drug-likeness (QED) is 0.391. The Hall–Kier alpha value is -4.40. The molecule has 1 aliphatic rings. The minimum absolute atomic E-state index is 0.0201. The lowest BCUT2D eigenvalue weighted by atomic mass is 9.93. The first-order valence-electron chi connectivity index (χ1n) is 11.6. The highest BCUT2D eigenvalue weighted by Crippen LogP contribution is 2.38. The van der Waals surface area contributed by atoms with Crippen molar-refractivity contribution < 1.29 is 18.7 Å². The monoisotopic (exact) mass is 487 g/mol. The largest absolute Gasteiger partial charge is 0.493 e. The van der Waals surface area contributed by atoms with Crippen LogP contribution in [0.3, 0.4) is 0 Å². The predicted molar refractivity (Wildman–Crippen MR) is 134 cm³/mol. The van der Waals surface area contributed by atoms with Crippen LogP contribution in [0, 0.1) is 5.82 Å². The smallest absolute Gasteiger partial charge is 0.250 e. The number of hydrogen-bond acceptors (Lipinski definition) is 6. The molecular formula is C27H26FN5O3. The van der Waals surface area contributed by atoms with E-state index in [9.17, 15) is 9.18 Å². The predicted octanol–water partition coefficient (Wildman–Crippen LogP) is 4.76. The second-order valence-electron chi connectivity index (χ2n) is 8.53. The Morgan fingerprint density at radius 2 is 1.78 bits per heavy atom. The minimum atomic E-state index is -0.297. The first-order valence-corrected chi connectivity index (χ1v) is 11.6. The number of carbonyl (C=O) groups is 1. The van der Waals surface area contributed by atoms with E-state index in [1.807, 2.05) is 24.3 Å². The van der Waals surface area contributed by atoms with Crippen LogP contribution in [0.25, 0.3) is 0 Å². The van der Waals surface area contributed by atoms with Gasteiger partial charge in [-0.1, -0.05) is 48.5 Å². The summed E-state index contributed by atoms with van der Waals surface area (Å²) in [4.78, 5) is 17.3. The van der Waals surface area contributed by atoms with Gasteiger partial charge in [0.25, 0.3) is 5.95 Å². The summed E-state index contributed by atoms with van der Waals surface area (Å²) in [7, 11) is 3.11. The Morgan fingerprint density at radius 3 is 2.50 bits per heavy atom. The van der Waals surface area contributed by atoms with Crippen LogP contribution < -0.4 is 20.1 Å². The van der Waals surface area contributed by atoms with Gasteiger partial charge in [0.1, 0.15) is 5.82 Å². The second-order valence-corrected chi connectivity index (χ2v) is 8.53. The molecule has 5 rings (SSSR count). The van der Waals surface area contributed by atoms with Crippen molar-refractivity contribution in [3.05, 3.63) is 95.3 Å². The standard InChI is InChI=1S/C27H26FN5O3/c1-35-23-13-8-17(14-24(23)36-2)15-25(34)30-26-31-27-29-21(18-6-4-3-5-7-18)16-22(33(27)32-26)19-9-11-20(28)12-10-19/h3-14,21-22H,15-16H2,1-2H3,(H2,29,30,31,32,34). The Bertz CT molecular complexity index is 1360. The van der Waals surface area contributed by atoms with E-state index < -0.39 is 0 Å². The molecule has 0 radical (unpaired) electrons. The molecule has 0 saturated heterocycles. The summed E-state index contributed by atoms with van der Waals surface area (Å²) >= 11 is 0. The van der Waals surface area contributed by atoms with Crippen molar-refractivity contribution in [2.45, 2.75) is 24.9 Å². The van der Waals surface area contributed by atoms with E-state index in [0.717, 1.165) is 16.7 Å². The summed E-state index contributed by atoms with van der Waals surface area (Å²) < 4.78 is 25.9. The molecule has 0 spiro atoms. The Kier molecular flexibility index (Phi) is 6.53. The Labute approximate surface area is 208 Å². The van der Waals surface area contributed by atoms with Gasteiger partial charge in [0.2, 0.25) is 11.9 Å². The second kappa shape index (κ2) is 10.1. The highest BCUT2D eigenvalue weighted by atomic mass is 19.1. The van der Waals surface area contributed by atoms with Gasteiger partial charge in [-0.05, 0) is 47.4 Å². The van der Waals surface area contributed by atoms with Gasteiger partial charge >= 0.3 is 0 Å². The molecule has 184 valence electrons. The molecule has 3 aromatic carbocycles. The molecule has 0 fully saturated rings. The third kappa shape index (κ3) is 4.86. The number of carbonyl (C=O) groups excluding carboxylic acids is 1. The topological polar surface area (TPSA) is 90.3 Å². The normalized spacial score (nSPS) is 16.5. The van der Waals surface area contributed by atoms with E-state index in [1.165, 1.54) is 12.1 Å². The van der Waals surface area contributed by atoms with Gasteiger partial charge in [-0.3, -0.25) is 10.1 Å². The number of aromatic nitrogens is 3. The summed E-state index contributed by atoms with van der Waals surface area (Å²) in [5.74, 6) is 1.32. The van der Waals surface area contributed by atoms with Crippen LogP contribution in [-0.4, -0.2) is 34.9 Å². The van der Waals surface area contributed by atoms with E-state index in [1.54, 1.807) is 43.2 Å². The van der Waals surface area contributed by atoms with E-state index >= 15 is 0 Å². The molecule has 4 aromatic rings. The van der Waals surface area contributed by atoms with Crippen molar-refractivity contribution in [1.82, 2.24) is 14.8 Å². The molecular weight excluding hydrogens is 461 g/mol. The van der Waals surface area contributed by atoms with Crippen LogP contribution in [0.4, 0.5) is 16.3 Å². The highest BCUT2D eigenvalue weighted by molar-refractivity contribution is 5.90. The molecule has 0 bridgehead atoms. The zero-order valence-corrected chi connectivity index (χ0v) is 19.9. The van der Waals surface area contributed by atoms with Gasteiger partial charge in [-0.15, -0.1) is 5.10 Å². The fraction of sp³-hybridized carbons (Fsp3) is 0.222. The lowest BCUT2D eigenvalue weighted by Crippen LogP contribution is -2.28. The number of ether oxygens (including phenoxy) is 2. The molecule has 2 atom stereocenters. The van der Waals surface area contributed by atoms with Gasteiger partial charge in [0.15, 0.2) is 11.5 Å². The summed E-state index contributed by atoms with van der Waals surface area (Å²) in [6.07, 6.45) is 0.802. The van der Waals surface area contributed by atoms with E-state index in [-0.39, 0.29) is 36.2 Å². The average Bonchev–Trinajstić information content (AvgIpc) is 3.31. The van der Waals surface area contributed by atoms with Crippen LogP contribution in [0.1, 0.15) is 35.2 Å². The van der Waals surface area contributed by atoms with Gasteiger partial charge in [0.05, 0.1) is 32.7 Å². The van der Waals surface area contributed by atoms with Crippen molar-refractivity contribution in [2.75, 3.05) is 24.9 Å². The van der Waals surface area contributed by atoms with Crippen LogP contribution in [0.2, 0.25) is 0 Å². The maximum absolute atomic E-state index is 13.6. The molecule has 2 unspecified atom stereocenters. The summed E-state index contributed by atoms with van der Waals surface area (Å²) in [6.45, 7) is 0. The maximum atomic E-state index is 13.6. The number of halogens is 1. The SMILES string of the molecule is COc1ccc(CC(=O)Nc2nc3n(n2)C(c2ccc(F)cc2)CC(c2ccccc2)N3)cc1OC. The third-order valence-corrected chi connectivity index (χ3v) is 6.21. The van der Waals surface area contributed by atoms with Crippen molar-refractivity contribution in [1.29, 1.82) is 0 Å². The molecule has 2 N–H and O–H groups in total. The molecule has 2 heterocycles. The number of hydrogen-bond donors (Lipinski definition) is 2. The third-order valence-electron chi connectivity index (χ3n) is 6.21. The van der Waals surface area contributed by atoms with Crippen LogP contribution in [0.15, 0.2) is 72.8 Å². The maximum Gasteiger partial charge on any atom is 0.250 e. The van der Waals surface area contributed by atoms with Gasteiger partial charge in [-0.25, -0.2) is 9.07 Å². The van der Waals surface area contributed by atoms with Crippen LogP contribution in [0.5, 0.6) is 11.5 Å². The molecule has 1 aliphatic heterocycles. The van der Waals surface area contributed by atoms with Gasteiger partial charge < -0.3 is 14.8 Å². The van der Waals surface area contributed by atoms with E-state index in [0.29, 0.717) is 23.9 Å². The number of amides is 1. The first-order chi connectivity index (χ1) is 17.5. The number of nitrogens with one attached hydrogen (secondary N) is 2. The zero-order chi connectivity index (χ0) is 25.1. The van der Waals surface area contributed by atoms with Crippen molar-refractivity contribution in [2.24, 2.45) is 0 Å². The van der Waals surface area contributed by atoms with Crippen molar-refractivity contribution >= 4 is 17.8 Å². The molecule has 0 saturated carbocycles. The number of methoxy groups -OCH3 is 2. The molecule has 9 heteroatoms. The molecule has 1 aromatic heterocycles. The number of rotatable bonds is 7.